The Morgan fingerprint density at radius 1 is 1.56 bits per heavy atom. The smallest absolute Gasteiger partial charge is 0.0522 e. The highest BCUT2D eigenvalue weighted by atomic mass is 15.1. The second kappa shape index (κ2) is 6.01. The molecule has 2 heterocycles. The van der Waals surface area contributed by atoms with Gasteiger partial charge in [0.1, 0.15) is 0 Å². The summed E-state index contributed by atoms with van der Waals surface area (Å²) in [4.78, 5) is 0. The monoisotopic (exact) mass is 222 g/mol. The van der Waals surface area contributed by atoms with Crippen LogP contribution in [-0.2, 0) is 6.42 Å². The molecule has 90 valence electrons. The Bertz CT molecular complexity index is 302. The van der Waals surface area contributed by atoms with Gasteiger partial charge in [-0.05, 0) is 51.3 Å². The third-order valence-electron chi connectivity index (χ3n) is 3.29. The van der Waals surface area contributed by atoms with Crippen molar-refractivity contribution in [3.8, 4) is 0 Å². The number of rotatable bonds is 5. The molecule has 16 heavy (non-hydrogen) atoms. The Balaban J connectivity index is 1.59. The summed E-state index contributed by atoms with van der Waals surface area (Å²) >= 11 is 0. The molecule has 0 saturated carbocycles. The maximum absolute atomic E-state index is 4.03. The molecule has 1 fully saturated rings. The van der Waals surface area contributed by atoms with E-state index in [9.17, 15) is 0 Å². The Morgan fingerprint density at radius 3 is 3.19 bits per heavy atom. The molecule has 1 aromatic heterocycles. The zero-order chi connectivity index (χ0) is 11.2. The van der Waals surface area contributed by atoms with Crippen molar-refractivity contribution in [1.82, 2.24) is 20.8 Å². The van der Waals surface area contributed by atoms with Crippen LogP contribution in [0.5, 0.6) is 0 Å². The summed E-state index contributed by atoms with van der Waals surface area (Å²) in [6.45, 7) is 5.51. The van der Waals surface area contributed by atoms with E-state index in [1.807, 2.05) is 6.20 Å². The summed E-state index contributed by atoms with van der Waals surface area (Å²) in [6, 6.07) is 0.680. The molecule has 4 nitrogen and oxygen atoms in total. The van der Waals surface area contributed by atoms with Crippen molar-refractivity contribution in [2.75, 3.05) is 19.6 Å². The van der Waals surface area contributed by atoms with Crippen LogP contribution in [0.4, 0.5) is 0 Å². The van der Waals surface area contributed by atoms with E-state index in [1.165, 1.54) is 37.1 Å². The van der Waals surface area contributed by atoms with E-state index in [4.69, 9.17) is 0 Å². The molecule has 4 heteroatoms. The Hall–Kier alpha value is -0.870. The molecular formula is C12H22N4. The SMILES string of the molecule is Cc1[nH]ncc1CCCNC1CCCNC1. The maximum Gasteiger partial charge on any atom is 0.0522 e. The first kappa shape index (κ1) is 11.6. The van der Waals surface area contributed by atoms with E-state index < -0.39 is 0 Å². The number of aromatic nitrogens is 2. The van der Waals surface area contributed by atoms with Crippen LogP contribution in [0.2, 0.25) is 0 Å². The average Bonchev–Trinajstić information content (AvgIpc) is 2.72. The molecule has 0 aliphatic carbocycles. The summed E-state index contributed by atoms with van der Waals surface area (Å²) < 4.78 is 0. The Kier molecular flexibility index (Phi) is 4.36. The van der Waals surface area contributed by atoms with Gasteiger partial charge in [-0.2, -0.15) is 5.10 Å². The highest BCUT2D eigenvalue weighted by Gasteiger charge is 2.11. The summed E-state index contributed by atoms with van der Waals surface area (Å²) in [5.74, 6) is 0. The number of hydrogen-bond acceptors (Lipinski definition) is 3. The first-order chi connectivity index (χ1) is 7.86. The summed E-state index contributed by atoms with van der Waals surface area (Å²) in [5.41, 5.74) is 2.56. The van der Waals surface area contributed by atoms with Gasteiger partial charge in [0, 0.05) is 18.3 Å². The van der Waals surface area contributed by atoms with Gasteiger partial charge in [0.05, 0.1) is 6.20 Å². The predicted octanol–water partition coefficient (Wildman–Crippen LogP) is 0.992. The number of nitrogens with zero attached hydrogens (tertiary/aromatic N) is 1. The number of hydrogen-bond donors (Lipinski definition) is 3. The molecule has 1 unspecified atom stereocenters. The Labute approximate surface area is 97.2 Å². The zero-order valence-corrected chi connectivity index (χ0v) is 10.1. The second-order valence-corrected chi connectivity index (χ2v) is 4.62. The van der Waals surface area contributed by atoms with Gasteiger partial charge in [0.25, 0.3) is 0 Å². The lowest BCUT2D eigenvalue weighted by atomic mass is 10.1. The van der Waals surface area contributed by atoms with Crippen LogP contribution in [0.15, 0.2) is 6.20 Å². The molecule has 0 aromatic carbocycles. The minimum absolute atomic E-state index is 0.680. The minimum atomic E-state index is 0.680. The van der Waals surface area contributed by atoms with E-state index in [1.54, 1.807) is 0 Å². The van der Waals surface area contributed by atoms with Crippen molar-refractivity contribution in [3.05, 3.63) is 17.5 Å². The molecule has 1 atom stereocenters. The van der Waals surface area contributed by atoms with Crippen molar-refractivity contribution < 1.29 is 0 Å². The van der Waals surface area contributed by atoms with Crippen molar-refractivity contribution in [1.29, 1.82) is 0 Å². The molecule has 0 bridgehead atoms. The minimum Gasteiger partial charge on any atom is -0.315 e. The number of aromatic amines is 1. The van der Waals surface area contributed by atoms with E-state index in [2.05, 4.69) is 27.8 Å². The van der Waals surface area contributed by atoms with Crippen molar-refractivity contribution in [2.45, 2.75) is 38.6 Å². The van der Waals surface area contributed by atoms with Gasteiger partial charge in [-0.25, -0.2) is 0 Å². The summed E-state index contributed by atoms with van der Waals surface area (Å²) in [6.07, 6.45) is 6.88. The molecule has 3 N–H and O–H groups in total. The molecule has 1 aliphatic heterocycles. The molecule has 2 rings (SSSR count). The van der Waals surface area contributed by atoms with Gasteiger partial charge in [-0.3, -0.25) is 5.10 Å². The normalized spacial score (nSPS) is 21.2. The van der Waals surface area contributed by atoms with Crippen molar-refractivity contribution in [3.63, 3.8) is 0 Å². The zero-order valence-electron chi connectivity index (χ0n) is 10.1. The average molecular weight is 222 g/mol. The van der Waals surface area contributed by atoms with E-state index in [0.29, 0.717) is 6.04 Å². The summed E-state index contributed by atoms with van der Waals surface area (Å²) in [7, 11) is 0. The van der Waals surface area contributed by atoms with Crippen LogP contribution in [0.25, 0.3) is 0 Å². The lowest BCUT2D eigenvalue weighted by Gasteiger charge is -2.23. The topological polar surface area (TPSA) is 52.7 Å². The number of nitrogens with one attached hydrogen (secondary N) is 3. The van der Waals surface area contributed by atoms with Crippen molar-refractivity contribution in [2.24, 2.45) is 0 Å². The molecule has 1 aromatic rings. The summed E-state index contributed by atoms with van der Waals surface area (Å²) in [5, 5.41) is 14.0. The number of piperidine rings is 1. The van der Waals surface area contributed by atoms with Crippen LogP contribution < -0.4 is 10.6 Å². The van der Waals surface area contributed by atoms with Gasteiger partial charge >= 0.3 is 0 Å². The molecule has 0 amide bonds. The first-order valence-electron chi connectivity index (χ1n) is 6.29. The first-order valence-corrected chi connectivity index (χ1v) is 6.29. The van der Waals surface area contributed by atoms with Gasteiger partial charge < -0.3 is 10.6 Å². The molecule has 0 radical (unpaired) electrons. The maximum atomic E-state index is 4.03. The van der Waals surface area contributed by atoms with E-state index in [-0.39, 0.29) is 0 Å². The van der Waals surface area contributed by atoms with Crippen LogP contribution in [0.1, 0.15) is 30.5 Å². The number of H-pyrrole nitrogens is 1. The molecule has 1 aliphatic rings. The third kappa shape index (κ3) is 3.32. The predicted molar refractivity (Wildman–Crippen MR) is 65.5 cm³/mol. The highest BCUT2D eigenvalue weighted by molar-refractivity contribution is 5.14. The van der Waals surface area contributed by atoms with Gasteiger partial charge in [-0.15, -0.1) is 0 Å². The fraction of sp³-hybridized carbons (Fsp3) is 0.750. The number of aryl methyl sites for hydroxylation is 2. The fourth-order valence-electron chi connectivity index (χ4n) is 2.24. The van der Waals surface area contributed by atoms with Crippen LogP contribution in [-0.4, -0.2) is 35.9 Å². The lowest BCUT2D eigenvalue weighted by Crippen LogP contribution is -2.43. The molecule has 1 saturated heterocycles. The van der Waals surface area contributed by atoms with Gasteiger partial charge in [-0.1, -0.05) is 0 Å². The van der Waals surface area contributed by atoms with Gasteiger partial charge in [0.15, 0.2) is 0 Å². The largest absolute Gasteiger partial charge is 0.315 e. The lowest BCUT2D eigenvalue weighted by molar-refractivity contribution is 0.388. The van der Waals surface area contributed by atoms with Crippen LogP contribution >= 0.6 is 0 Å². The fourth-order valence-corrected chi connectivity index (χ4v) is 2.24. The van der Waals surface area contributed by atoms with Gasteiger partial charge in [0.2, 0.25) is 0 Å². The highest BCUT2D eigenvalue weighted by Crippen LogP contribution is 2.06. The van der Waals surface area contributed by atoms with Crippen LogP contribution in [0, 0.1) is 6.92 Å². The quantitative estimate of drug-likeness (QED) is 0.651. The molecular weight excluding hydrogens is 200 g/mol. The second-order valence-electron chi connectivity index (χ2n) is 4.62. The standard InChI is InChI=1S/C12H22N4/c1-10-11(8-15-16-10)4-2-7-14-12-5-3-6-13-9-12/h8,12-14H,2-7,9H2,1H3,(H,15,16). The van der Waals surface area contributed by atoms with E-state index >= 15 is 0 Å². The van der Waals surface area contributed by atoms with E-state index in [0.717, 1.165) is 19.5 Å². The molecule has 0 spiro atoms. The third-order valence-corrected chi connectivity index (χ3v) is 3.29. The van der Waals surface area contributed by atoms with Crippen molar-refractivity contribution >= 4 is 0 Å². The van der Waals surface area contributed by atoms with Crippen LogP contribution in [0.3, 0.4) is 0 Å². The Morgan fingerprint density at radius 2 is 2.50 bits per heavy atom.